The first kappa shape index (κ1) is 20.0. The molecule has 0 aliphatic carbocycles. The van der Waals surface area contributed by atoms with E-state index in [0.29, 0.717) is 0 Å². The standard InChI is InChI=1S/C24H19ClN2S2/c1-17-7-11-22(12-8-17)29-23-15-20(16-28-21-13-9-19(25)10-14-21)26-24(27-23)18-5-3-2-4-6-18/h2-15H,16H2,1H3. The van der Waals surface area contributed by atoms with Gasteiger partial charge in [0, 0.05) is 26.1 Å². The molecule has 0 atom stereocenters. The number of rotatable bonds is 6. The van der Waals surface area contributed by atoms with E-state index >= 15 is 0 Å². The average molecular weight is 435 g/mol. The molecule has 29 heavy (non-hydrogen) atoms. The molecule has 0 spiro atoms. The fraction of sp³-hybridized carbons (Fsp3) is 0.0833. The van der Waals surface area contributed by atoms with Crippen molar-refractivity contribution in [2.45, 2.75) is 27.5 Å². The van der Waals surface area contributed by atoms with E-state index in [0.717, 1.165) is 32.9 Å². The number of halogens is 1. The topological polar surface area (TPSA) is 25.8 Å². The second kappa shape index (κ2) is 9.49. The van der Waals surface area contributed by atoms with Gasteiger partial charge in [0.2, 0.25) is 0 Å². The van der Waals surface area contributed by atoms with E-state index in [9.17, 15) is 0 Å². The molecule has 0 N–H and O–H groups in total. The minimum Gasteiger partial charge on any atom is -0.232 e. The number of aromatic nitrogens is 2. The summed E-state index contributed by atoms with van der Waals surface area (Å²) < 4.78 is 0. The number of hydrogen-bond donors (Lipinski definition) is 0. The predicted molar refractivity (Wildman–Crippen MR) is 124 cm³/mol. The van der Waals surface area contributed by atoms with Crippen LogP contribution in [0, 0.1) is 6.92 Å². The molecule has 0 radical (unpaired) electrons. The summed E-state index contributed by atoms with van der Waals surface area (Å²) in [6.07, 6.45) is 0. The zero-order chi connectivity index (χ0) is 20.1. The Bertz CT molecular complexity index is 1080. The predicted octanol–water partition coefficient (Wildman–Crippen LogP) is 7.55. The van der Waals surface area contributed by atoms with Gasteiger partial charge in [-0.05, 0) is 49.4 Å². The van der Waals surface area contributed by atoms with Gasteiger partial charge in [0.1, 0.15) is 5.03 Å². The molecule has 0 saturated carbocycles. The van der Waals surface area contributed by atoms with Gasteiger partial charge < -0.3 is 0 Å². The first-order valence-electron chi connectivity index (χ1n) is 9.22. The van der Waals surface area contributed by atoms with Crippen molar-refractivity contribution < 1.29 is 0 Å². The highest BCUT2D eigenvalue weighted by Crippen LogP contribution is 2.31. The molecule has 1 aromatic heterocycles. The second-order valence-corrected chi connectivity index (χ2v) is 9.12. The van der Waals surface area contributed by atoms with Crippen LogP contribution in [0.3, 0.4) is 0 Å². The number of benzene rings is 3. The molecule has 0 bridgehead atoms. The zero-order valence-corrected chi connectivity index (χ0v) is 18.3. The molecule has 0 fully saturated rings. The van der Waals surface area contributed by atoms with Gasteiger partial charge >= 0.3 is 0 Å². The first-order chi connectivity index (χ1) is 14.2. The summed E-state index contributed by atoms with van der Waals surface area (Å²) in [5.74, 6) is 1.53. The Morgan fingerprint density at radius 2 is 1.48 bits per heavy atom. The van der Waals surface area contributed by atoms with Gasteiger partial charge in [-0.1, -0.05) is 71.4 Å². The van der Waals surface area contributed by atoms with Crippen LogP contribution in [0.2, 0.25) is 5.02 Å². The molecule has 5 heteroatoms. The van der Waals surface area contributed by atoms with Crippen LogP contribution >= 0.6 is 35.1 Å². The van der Waals surface area contributed by atoms with E-state index in [-0.39, 0.29) is 0 Å². The van der Waals surface area contributed by atoms with Crippen molar-refractivity contribution >= 4 is 35.1 Å². The third-order valence-electron chi connectivity index (χ3n) is 4.23. The van der Waals surface area contributed by atoms with Gasteiger partial charge in [0.15, 0.2) is 5.82 Å². The van der Waals surface area contributed by atoms with Crippen LogP contribution in [-0.4, -0.2) is 9.97 Å². The lowest BCUT2D eigenvalue weighted by atomic mass is 10.2. The molecule has 4 rings (SSSR count). The van der Waals surface area contributed by atoms with Crippen molar-refractivity contribution in [3.8, 4) is 11.4 Å². The minimum absolute atomic E-state index is 0.750. The van der Waals surface area contributed by atoms with Gasteiger partial charge in [-0.15, -0.1) is 11.8 Å². The summed E-state index contributed by atoms with van der Waals surface area (Å²) in [6.45, 7) is 2.10. The number of aryl methyl sites for hydroxylation is 1. The highest BCUT2D eigenvalue weighted by molar-refractivity contribution is 7.99. The van der Waals surface area contributed by atoms with E-state index in [4.69, 9.17) is 21.6 Å². The molecule has 1 heterocycles. The summed E-state index contributed by atoms with van der Waals surface area (Å²) in [4.78, 5) is 12.0. The molecule has 0 unspecified atom stereocenters. The SMILES string of the molecule is Cc1ccc(Sc2cc(CSc3ccc(Cl)cc3)nc(-c3ccccc3)n2)cc1. The minimum atomic E-state index is 0.750. The highest BCUT2D eigenvalue weighted by Gasteiger charge is 2.09. The Morgan fingerprint density at radius 3 is 2.21 bits per heavy atom. The maximum Gasteiger partial charge on any atom is 0.160 e. The van der Waals surface area contributed by atoms with Gasteiger partial charge in [0.05, 0.1) is 5.69 Å². The fourth-order valence-electron chi connectivity index (χ4n) is 2.73. The molecule has 144 valence electrons. The summed E-state index contributed by atoms with van der Waals surface area (Å²) in [5, 5.41) is 1.70. The van der Waals surface area contributed by atoms with Crippen LogP contribution in [0.4, 0.5) is 0 Å². The highest BCUT2D eigenvalue weighted by atomic mass is 35.5. The van der Waals surface area contributed by atoms with E-state index in [2.05, 4.69) is 37.3 Å². The quantitative estimate of drug-likeness (QED) is 0.231. The van der Waals surface area contributed by atoms with Crippen LogP contribution in [-0.2, 0) is 5.75 Å². The Kier molecular flexibility index (Phi) is 6.55. The van der Waals surface area contributed by atoms with Crippen molar-refractivity contribution in [2.75, 3.05) is 0 Å². The van der Waals surface area contributed by atoms with Crippen molar-refractivity contribution in [2.24, 2.45) is 0 Å². The Balaban J connectivity index is 1.62. The molecular weight excluding hydrogens is 416 g/mol. The van der Waals surface area contributed by atoms with Crippen LogP contribution in [0.25, 0.3) is 11.4 Å². The molecule has 0 aliphatic heterocycles. The summed E-state index contributed by atoms with van der Waals surface area (Å²) in [6, 6.07) is 28.6. The molecule has 2 nitrogen and oxygen atoms in total. The van der Waals surface area contributed by atoms with Crippen molar-refractivity contribution in [3.63, 3.8) is 0 Å². The van der Waals surface area contributed by atoms with Crippen LogP contribution in [0.1, 0.15) is 11.3 Å². The Labute approximate surface area is 184 Å². The van der Waals surface area contributed by atoms with E-state index in [1.54, 1.807) is 23.5 Å². The molecule has 0 aliphatic rings. The second-order valence-electron chi connectivity index (χ2n) is 6.54. The maximum atomic E-state index is 5.99. The third-order valence-corrected chi connectivity index (χ3v) is 6.46. The van der Waals surface area contributed by atoms with Gasteiger partial charge in [-0.2, -0.15) is 0 Å². The summed E-state index contributed by atoms with van der Waals surface area (Å²) in [7, 11) is 0. The van der Waals surface area contributed by atoms with Crippen LogP contribution < -0.4 is 0 Å². The lowest BCUT2D eigenvalue weighted by molar-refractivity contribution is 1.01. The van der Waals surface area contributed by atoms with Crippen molar-refractivity contribution in [1.82, 2.24) is 9.97 Å². The Morgan fingerprint density at radius 1 is 0.793 bits per heavy atom. The normalized spacial score (nSPS) is 10.8. The largest absolute Gasteiger partial charge is 0.232 e. The maximum absolute atomic E-state index is 5.99. The van der Waals surface area contributed by atoms with Crippen molar-refractivity contribution in [3.05, 3.63) is 101 Å². The monoisotopic (exact) mass is 434 g/mol. The van der Waals surface area contributed by atoms with Gasteiger partial charge in [-0.3, -0.25) is 0 Å². The third kappa shape index (κ3) is 5.63. The lowest BCUT2D eigenvalue weighted by Gasteiger charge is -2.09. The lowest BCUT2D eigenvalue weighted by Crippen LogP contribution is -1.96. The molecule has 4 aromatic rings. The number of thioether (sulfide) groups is 1. The number of nitrogens with zero attached hydrogens (tertiary/aromatic N) is 2. The average Bonchev–Trinajstić information content (AvgIpc) is 2.75. The van der Waals surface area contributed by atoms with Gasteiger partial charge in [-0.25, -0.2) is 9.97 Å². The smallest absolute Gasteiger partial charge is 0.160 e. The summed E-state index contributed by atoms with van der Waals surface area (Å²) >= 11 is 9.40. The summed E-state index contributed by atoms with van der Waals surface area (Å²) in [5.41, 5.74) is 3.28. The molecular formula is C24H19ClN2S2. The molecule has 3 aromatic carbocycles. The zero-order valence-electron chi connectivity index (χ0n) is 15.9. The molecule has 0 saturated heterocycles. The van der Waals surface area contributed by atoms with Crippen LogP contribution in [0.5, 0.6) is 0 Å². The van der Waals surface area contributed by atoms with Crippen molar-refractivity contribution in [1.29, 1.82) is 0 Å². The Hall–Kier alpha value is -2.27. The van der Waals surface area contributed by atoms with E-state index in [1.165, 1.54) is 15.4 Å². The number of hydrogen-bond acceptors (Lipinski definition) is 4. The van der Waals surface area contributed by atoms with E-state index in [1.807, 2.05) is 54.6 Å². The molecule has 0 amide bonds. The first-order valence-corrected chi connectivity index (χ1v) is 11.4. The van der Waals surface area contributed by atoms with E-state index < -0.39 is 0 Å². The van der Waals surface area contributed by atoms with Crippen LogP contribution in [0.15, 0.2) is 99.7 Å². The van der Waals surface area contributed by atoms with Gasteiger partial charge in [0.25, 0.3) is 0 Å². The fourth-order valence-corrected chi connectivity index (χ4v) is 4.49.